The van der Waals surface area contributed by atoms with E-state index in [9.17, 15) is 0 Å². The van der Waals surface area contributed by atoms with E-state index in [1.165, 1.54) is 18.4 Å². The molecule has 0 unspecified atom stereocenters. The summed E-state index contributed by atoms with van der Waals surface area (Å²) in [6.07, 6.45) is 3.48. The highest BCUT2D eigenvalue weighted by molar-refractivity contribution is 5.43. The Morgan fingerprint density at radius 3 is 2.63 bits per heavy atom. The Balaban J connectivity index is 1.66. The Morgan fingerprint density at radius 2 is 1.79 bits per heavy atom. The van der Waals surface area contributed by atoms with Crippen LogP contribution < -0.4 is 20.1 Å². The molecule has 2 rings (SSSR count). The highest BCUT2D eigenvalue weighted by Crippen LogP contribution is 2.30. The molecule has 1 aliphatic rings. The first-order chi connectivity index (χ1) is 9.40. The third kappa shape index (κ3) is 4.73. The lowest BCUT2D eigenvalue weighted by Gasteiger charge is -2.18. The molecule has 2 N–H and O–H groups in total. The molecule has 1 aromatic rings. The van der Waals surface area contributed by atoms with Crippen LogP contribution in [0, 0.1) is 0 Å². The third-order valence-corrected chi connectivity index (χ3v) is 3.23. The predicted molar refractivity (Wildman–Crippen MR) is 77.2 cm³/mol. The molecule has 0 radical (unpaired) electrons. The number of hydrogen-bond donors (Lipinski definition) is 2. The molecule has 1 aromatic carbocycles. The Bertz CT molecular complexity index is 382. The summed E-state index contributed by atoms with van der Waals surface area (Å²) in [5.74, 6) is 1.76. The smallest absolute Gasteiger partial charge is 0.161 e. The molecule has 0 aromatic heterocycles. The molecular weight excluding hydrogens is 240 g/mol. The summed E-state index contributed by atoms with van der Waals surface area (Å²) in [5, 5.41) is 6.63. The lowest BCUT2D eigenvalue weighted by atomic mass is 10.1. The largest absolute Gasteiger partial charge is 0.486 e. The van der Waals surface area contributed by atoms with E-state index in [-0.39, 0.29) is 0 Å². The first-order valence-corrected chi connectivity index (χ1v) is 7.14. The molecule has 1 aliphatic heterocycles. The van der Waals surface area contributed by atoms with Crippen LogP contribution in [0.5, 0.6) is 11.5 Å². The van der Waals surface area contributed by atoms with Crippen molar-refractivity contribution in [2.24, 2.45) is 0 Å². The van der Waals surface area contributed by atoms with Crippen LogP contribution in [0.2, 0.25) is 0 Å². The SMILES string of the molecule is CNCCCCNCCc1ccc2c(c1)OCCO2. The Hall–Kier alpha value is -1.26. The molecule has 0 bridgehead atoms. The first-order valence-electron chi connectivity index (χ1n) is 7.14. The maximum absolute atomic E-state index is 5.58. The van der Waals surface area contributed by atoms with Gasteiger partial charge in [0.1, 0.15) is 13.2 Å². The molecule has 0 saturated heterocycles. The van der Waals surface area contributed by atoms with Crippen molar-refractivity contribution in [2.75, 3.05) is 39.9 Å². The summed E-state index contributed by atoms with van der Waals surface area (Å²) < 4.78 is 11.1. The fourth-order valence-electron chi connectivity index (χ4n) is 2.15. The number of benzene rings is 1. The number of hydrogen-bond acceptors (Lipinski definition) is 4. The average molecular weight is 264 g/mol. The van der Waals surface area contributed by atoms with Gasteiger partial charge in [0.2, 0.25) is 0 Å². The van der Waals surface area contributed by atoms with Crippen LogP contribution in [0.4, 0.5) is 0 Å². The van der Waals surface area contributed by atoms with E-state index >= 15 is 0 Å². The first kappa shape index (κ1) is 14.2. The molecule has 4 nitrogen and oxygen atoms in total. The molecule has 0 spiro atoms. The summed E-state index contributed by atoms with van der Waals surface area (Å²) in [5.41, 5.74) is 1.30. The maximum atomic E-state index is 5.58. The molecule has 0 atom stereocenters. The van der Waals surface area contributed by atoms with Crippen molar-refractivity contribution in [2.45, 2.75) is 19.3 Å². The number of rotatable bonds is 8. The molecule has 4 heteroatoms. The summed E-state index contributed by atoms with van der Waals surface area (Å²) in [4.78, 5) is 0. The predicted octanol–water partition coefficient (Wildman–Crippen LogP) is 1.59. The van der Waals surface area contributed by atoms with Gasteiger partial charge >= 0.3 is 0 Å². The molecule has 1 heterocycles. The fourth-order valence-corrected chi connectivity index (χ4v) is 2.15. The minimum atomic E-state index is 0.653. The van der Waals surface area contributed by atoms with Gasteiger partial charge < -0.3 is 20.1 Å². The van der Waals surface area contributed by atoms with E-state index in [4.69, 9.17) is 9.47 Å². The van der Waals surface area contributed by atoms with Crippen molar-refractivity contribution in [1.82, 2.24) is 10.6 Å². The van der Waals surface area contributed by atoms with Gasteiger partial charge in [0.15, 0.2) is 11.5 Å². The monoisotopic (exact) mass is 264 g/mol. The van der Waals surface area contributed by atoms with Gasteiger partial charge in [0, 0.05) is 0 Å². The van der Waals surface area contributed by atoms with Crippen molar-refractivity contribution >= 4 is 0 Å². The molecule has 106 valence electrons. The summed E-state index contributed by atoms with van der Waals surface area (Å²) in [6, 6.07) is 6.23. The Labute approximate surface area is 115 Å². The second kappa shape index (κ2) is 8.02. The van der Waals surface area contributed by atoms with Crippen LogP contribution in [0.15, 0.2) is 18.2 Å². The number of nitrogens with one attached hydrogen (secondary N) is 2. The summed E-state index contributed by atoms with van der Waals surface area (Å²) in [6.45, 7) is 4.51. The molecular formula is C15H24N2O2. The Kier molecular flexibility index (Phi) is 5.98. The number of fused-ring (bicyclic) bond motifs is 1. The van der Waals surface area contributed by atoms with Gasteiger partial charge in [-0.05, 0) is 63.6 Å². The third-order valence-electron chi connectivity index (χ3n) is 3.23. The van der Waals surface area contributed by atoms with Crippen molar-refractivity contribution in [1.29, 1.82) is 0 Å². The van der Waals surface area contributed by atoms with Crippen molar-refractivity contribution in [3.63, 3.8) is 0 Å². The van der Waals surface area contributed by atoms with Crippen molar-refractivity contribution in [3.8, 4) is 11.5 Å². The normalized spacial score (nSPS) is 13.5. The van der Waals surface area contributed by atoms with Gasteiger partial charge in [0.25, 0.3) is 0 Å². The van der Waals surface area contributed by atoms with Gasteiger partial charge in [-0.1, -0.05) is 6.07 Å². The number of unbranched alkanes of at least 4 members (excludes halogenated alkanes) is 1. The molecule has 0 amide bonds. The lowest BCUT2D eigenvalue weighted by Crippen LogP contribution is -2.20. The van der Waals surface area contributed by atoms with Crippen LogP contribution in [0.3, 0.4) is 0 Å². The van der Waals surface area contributed by atoms with Crippen LogP contribution in [-0.4, -0.2) is 39.9 Å². The van der Waals surface area contributed by atoms with Gasteiger partial charge in [-0.2, -0.15) is 0 Å². The van der Waals surface area contributed by atoms with Crippen LogP contribution in [-0.2, 0) is 6.42 Å². The highest BCUT2D eigenvalue weighted by Gasteiger charge is 2.11. The van der Waals surface area contributed by atoms with Crippen LogP contribution in [0.25, 0.3) is 0 Å². The zero-order valence-corrected chi connectivity index (χ0v) is 11.7. The fraction of sp³-hybridized carbons (Fsp3) is 0.600. The minimum Gasteiger partial charge on any atom is -0.486 e. The molecule has 0 fully saturated rings. The van der Waals surface area contributed by atoms with Crippen LogP contribution in [0.1, 0.15) is 18.4 Å². The van der Waals surface area contributed by atoms with Crippen molar-refractivity contribution < 1.29 is 9.47 Å². The molecule has 0 saturated carbocycles. The van der Waals surface area contributed by atoms with Gasteiger partial charge in [-0.15, -0.1) is 0 Å². The summed E-state index contributed by atoms with van der Waals surface area (Å²) in [7, 11) is 2.00. The second-order valence-electron chi connectivity index (χ2n) is 4.79. The van der Waals surface area contributed by atoms with Crippen molar-refractivity contribution in [3.05, 3.63) is 23.8 Å². The van der Waals surface area contributed by atoms with E-state index in [1.807, 2.05) is 13.1 Å². The maximum Gasteiger partial charge on any atom is 0.161 e. The van der Waals surface area contributed by atoms with Gasteiger partial charge in [-0.3, -0.25) is 0 Å². The van der Waals surface area contributed by atoms with Gasteiger partial charge in [0.05, 0.1) is 0 Å². The zero-order chi connectivity index (χ0) is 13.3. The average Bonchev–Trinajstić information content (AvgIpc) is 2.46. The minimum absolute atomic E-state index is 0.653. The standard InChI is InChI=1S/C15H24N2O2/c1-16-7-2-3-8-17-9-6-13-4-5-14-15(12-13)19-11-10-18-14/h4-5,12,16-17H,2-3,6-11H2,1H3. The summed E-state index contributed by atoms with van der Waals surface area (Å²) >= 11 is 0. The topological polar surface area (TPSA) is 42.5 Å². The van der Waals surface area contributed by atoms with E-state index in [2.05, 4.69) is 22.8 Å². The highest BCUT2D eigenvalue weighted by atomic mass is 16.6. The van der Waals surface area contributed by atoms with E-state index in [0.29, 0.717) is 13.2 Å². The second-order valence-corrected chi connectivity index (χ2v) is 4.79. The van der Waals surface area contributed by atoms with Crippen LogP contribution >= 0.6 is 0 Å². The number of ether oxygens (including phenoxy) is 2. The van der Waals surface area contributed by atoms with E-state index < -0.39 is 0 Å². The molecule has 0 aliphatic carbocycles. The van der Waals surface area contributed by atoms with E-state index in [0.717, 1.165) is 37.6 Å². The van der Waals surface area contributed by atoms with Gasteiger partial charge in [-0.25, -0.2) is 0 Å². The lowest BCUT2D eigenvalue weighted by molar-refractivity contribution is 0.171. The van der Waals surface area contributed by atoms with E-state index in [1.54, 1.807) is 0 Å². The molecule has 19 heavy (non-hydrogen) atoms. The zero-order valence-electron chi connectivity index (χ0n) is 11.7. The quantitative estimate of drug-likeness (QED) is 0.700. The Morgan fingerprint density at radius 1 is 1.00 bits per heavy atom.